The van der Waals surface area contributed by atoms with Crippen molar-refractivity contribution >= 4 is 23.1 Å². The van der Waals surface area contributed by atoms with E-state index in [1.165, 1.54) is 5.56 Å². The lowest BCUT2D eigenvalue weighted by Crippen LogP contribution is -2.44. The normalized spacial score (nSPS) is 23.3. The Hall–Kier alpha value is -3.08. The molecular formula is C25H29N3O2. The third-order valence-corrected chi connectivity index (χ3v) is 6.64. The van der Waals surface area contributed by atoms with Gasteiger partial charge in [-0.2, -0.15) is 0 Å². The molecule has 0 spiro atoms. The van der Waals surface area contributed by atoms with Crippen molar-refractivity contribution in [2.75, 3.05) is 23.4 Å². The molecule has 156 valence electrons. The fourth-order valence-electron chi connectivity index (χ4n) is 5.01. The first-order chi connectivity index (χ1) is 14.2. The van der Waals surface area contributed by atoms with Crippen molar-refractivity contribution in [2.45, 2.75) is 44.6 Å². The maximum absolute atomic E-state index is 13.2. The molecule has 5 heteroatoms. The average Bonchev–Trinajstić information content (AvgIpc) is 2.90. The number of fused-ring (bicyclic) bond motifs is 2. The van der Waals surface area contributed by atoms with Gasteiger partial charge >= 0.3 is 0 Å². The van der Waals surface area contributed by atoms with Crippen LogP contribution in [0.15, 0.2) is 60.3 Å². The van der Waals surface area contributed by atoms with E-state index in [1.54, 1.807) is 6.08 Å². The number of hydrogen-bond donors (Lipinski definition) is 1. The summed E-state index contributed by atoms with van der Waals surface area (Å²) in [6.45, 7) is 6.64. The van der Waals surface area contributed by atoms with E-state index in [1.807, 2.05) is 50.4 Å². The molecule has 0 aliphatic carbocycles. The van der Waals surface area contributed by atoms with Crippen molar-refractivity contribution in [1.82, 2.24) is 0 Å². The van der Waals surface area contributed by atoms with Crippen molar-refractivity contribution in [1.29, 1.82) is 0 Å². The minimum atomic E-state index is -0.311. The first-order valence-electron chi connectivity index (χ1n) is 10.4. The monoisotopic (exact) mass is 403 g/mol. The molecule has 5 nitrogen and oxygen atoms in total. The number of nitrogens with two attached hydrogens (primary N) is 1. The molecule has 2 aromatic carbocycles. The lowest BCUT2D eigenvalue weighted by atomic mass is 9.83. The minimum absolute atomic E-state index is 0.0475. The zero-order valence-electron chi connectivity index (χ0n) is 18.1. The summed E-state index contributed by atoms with van der Waals surface area (Å²) in [6.07, 6.45) is 2.41. The van der Waals surface area contributed by atoms with Gasteiger partial charge in [0.25, 0.3) is 0 Å². The van der Waals surface area contributed by atoms with E-state index in [0.29, 0.717) is 6.42 Å². The minimum Gasteiger partial charge on any atom is -0.369 e. The first-order valence-corrected chi connectivity index (χ1v) is 10.4. The third kappa shape index (κ3) is 3.18. The highest BCUT2D eigenvalue weighted by atomic mass is 16.1. The van der Waals surface area contributed by atoms with E-state index in [2.05, 4.69) is 35.8 Å². The van der Waals surface area contributed by atoms with E-state index in [4.69, 9.17) is 5.73 Å². The summed E-state index contributed by atoms with van der Waals surface area (Å²) in [5.41, 5.74) is 10.6. The Bertz CT molecular complexity index is 1040. The van der Waals surface area contributed by atoms with Crippen LogP contribution in [0.1, 0.15) is 44.2 Å². The van der Waals surface area contributed by atoms with Crippen LogP contribution in [0, 0.1) is 0 Å². The highest BCUT2D eigenvalue weighted by molar-refractivity contribution is 5.96. The fourth-order valence-corrected chi connectivity index (χ4v) is 5.01. The Morgan fingerprint density at radius 1 is 1.10 bits per heavy atom. The van der Waals surface area contributed by atoms with Gasteiger partial charge in [-0.3, -0.25) is 9.59 Å². The topological polar surface area (TPSA) is 66.6 Å². The second-order valence-electron chi connectivity index (χ2n) is 8.92. The molecule has 4 rings (SSSR count). The smallest absolute Gasteiger partial charge is 0.225 e. The zero-order chi connectivity index (χ0) is 21.6. The molecule has 30 heavy (non-hydrogen) atoms. The molecule has 2 aliphatic rings. The molecule has 0 unspecified atom stereocenters. The molecule has 0 fully saturated rings. The molecule has 2 atom stereocenters. The molecule has 2 N–H and O–H groups in total. The van der Waals surface area contributed by atoms with Crippen LogP contribution in [0.25, 0.3) is 0 Å². The molecule has 2 heterocycles. The number of para-hydroxylation sites is 2. The number of hydrogen-bond acceptors (Lipinski definition) is 4. The second kappa shape index (κ2) is 7.31. The summed E-state index contributed by atoms with van der Waals surface area (Å²) in [4.78, 5) is 29.4. The summed E-state index contributed by atoms with van der Waals surface area (Å²) in [6, 6.07) is 16.1. The summed E-state index contributed by atoms with van der Waals surface area (Å²) in [5.74, 6) is -0.568. The number of rotatable bonds is 4. The van der Waals surface area contributed by atoms with Gasteiger partial charge in [-0.05, 0) is 36.6 Å². The molecule has 0 saturated carbocycles. The van der Waals surface area contributed by atoms with Gasteiger partial charge in [-0.1, -0.05) is 50.2 Å². The predicted octanol–water partition coefficient (Wildman–Crippen LogP) is 3.73. The average molecular weight is 404 g/mol. The zero-order valence-corrected chi connectivity index (χ0v) is 18.1. The van der Waals surface area contributed by atoms with Crippen molar-refractivity contribution in [3.8, 4) is 0 Å². The maximum atomic E-state index is 13.2. The number of carbonyl (C=O) groups excluding carboxylic acids is 2. The number of benzene rings is 2. The van der Waals surface area contributed by atoms with Crippen LogP contribution in [0.5, 0.6) is 0 Å². The van der Waals surface area contributed by atoms with Crippen molar-refractivity contribution in [3.05, 3.63) is 71.4 Å². The predicted molar refractivity (Wildman–Crippen MR) is 121 cm³/mol. The van der Waals surface area contributed by atoms with Gasteiger partial charge in [0, 0.05) is 41.7 Å². The second-order valence-corrected chi connectivity index (χ2v) is 8.92. The molecule has 0 saturated heterocycles. The van der Waals surface area contributed by atoms with Gasteiger partial charge in [-0.25, -0.2) is 0 Å². The third-order valence-electron chi connectivity index (χ3n) is 6.64. The molecule has 0 radical (unpaired) electrons. The Labute approximate surface area is 178 Å². The number of nitrogens with zero attached hydrogens (tertiary/aromatic N) is 2. The quantitative estimate of drug-likeness (QED) is 0.790. The van der Waals surface area contributed by atoms with Crippen LogP contribution in [-0.4, -0.2) is 31.3 Å². The van der Waals surface area contributed by atoms with E-state index in [9.17, 15) is 9.59 Å². The molecule has 0 bridgehead atoms. The maximum Gasteiger partial charge on any atom is 0.225 e. The molecule has 0 aromatic heterocycles. The van der Waals surface area contributed by atoms with Crippen LogP contribution in [-0.2, 0) is 15.0 Å². The van der Waals surface area contributed by atoms with Gasteiger partial charge in [0.15, 0.2) is 5.78 Å². The number of anilines is 2. The number of ketones is 1. The Morgan fingerprint density at radius 2 is 1.73 bits per heavy atom. The van der Waals surface area contributed by atoms with Crippen LogP contribution in [0.2, 0.25) is 0 Å². The fraction of sp³-hybridized carbons (Fsp3) is 0.360. The number of likely N-dealkylation sites (N-methyl/N-ethyl adjacent to an activating group) is 1. The largest absolute Gasteiger partial charge is 0.369 e. The SMILES string of the molecule is C[C@@H]1C[C@H](C(N)=O)c2ccccc2N1CC(=O)/C=C1/N(C)c2ccccc2C1(C)C. The molecule has 2 aromatic rings. The molecule has 1 amide bonds. The van der Waals surface area contributed by atoms with Crippen molar-refractivity contribution in [2.24, 2.45) is 5.73 Å². The Morgan fingerprint density at radius 3 is 2.40 bits per heavy atom. The summed E-state index contributed by atoms with van der Waals surface area (Å²) >= 11 is 0. The van der Waals surface area contributed by atoms with Gasteiger partial charge in [0.2, 0.25) is 5.91 Å². The van der Waals surface area contributed by atoms with Crippen LogP contribution in [0.4, 0.5) is 11.4 Å². The van der Waals surface area contributed by atoms with Gasteiger partial charge in [0.05, 0.1) is 12.5 Å². The summed E-state index contributed by atoms with van der Waals surface area (Å²) in [7, 11) is 2.02. The van der Waals surface area contributed by atoms with E-state index in [0.717, 1.165) is 22.6 Å². The van der Waals surface area contributed by atoms with Crippen LogP contribution >= 0.6 is 0 Å². The Balaban J connectivity index is 1.63. The van der Waals surface area contributed by atoms with E-state index < -0.39 is 0 Å². The number of amides is 1. The van der Waals surface area contributed by atoms with Crippen molar-refractivity contribution < 1.29 is 9.59 Å². The molecular weight excluding hydrogens is 374 g/mol. The Kier molecular flexibility index (Phi) is 4.92. The highest BCUT2D eigenvalue weighted by Gasteiger charge is 2.39. The summed E-state index contributed by atoms with van der Waals surface area (Å²) < 4.78 is 0. The summed E-state index contributed by atoms with van der Waals surface area (Å²) in [5, 5.41) is 0. The van der Waals surface area contributed by atoms with Crippen LogP contribution in [0.3, 0.4) is 0 Å². The van der Waals surface area contributed by atoms with Crippen molar-refractivity contribution in [3.63, 3.8) is 0 Å². The molecule has 2 aliphatic heterocycles. The highest BCUT2D eigenvalue weighted by Crippen LogP contribution is 2.46. The van der Waals surface area contributed by atoms with Crippen LogP contribution < -0.4 is 15.5 Å². The lowest BCUT2D eigenvalue weighted by molar-refractivity contribution is -0.119. The van der Waals surface area contributed by atoms with E-state index in [-0.39, 0.29) is 35.6 Å². The van der Waals surface area contributed by atoms with Gasteiger partial charge < -0.3 is 15.5 Å². The lowest BCUT2D eigenvalue weighted by Gasteiger charge is -2.39. The van der Waals surface area contributed by atoms with Gasteiger partial charge in [0.1, 0.15) is 0 Å². The number of primary amides is 1. The van der Waals surface area contributed by atoms with E-state index >= 15 is 0 Å². The number of allylic oxidation sites excluding steroid dienone is 1. The van der Waals surface area contributed by atoms with Gasteiger partial charge in [-0.15, -0.1) is 0 Å². The number of carbonyl (C=O) groups is 2. The first kappa shape index (κ1) is 20.2. The standard InChI is InChI=1S/C25H29N3O2/c1-16-13-19(24(26)30)18-9-5-7-11-21(18)28(16)15-17(29)14-23-25(2,3)20-10-6-8-12-22(20)27(23)4/h5-12,14,16,19H,13,15H2,1-4H3,(H2,26,30)/b23-14+/t16-,19+/m1/s1.